The van der Waals surface area contributed by atoms with Crippen molar-refractivity contribution in [1.82, 2.24) is 4.90 Å². The molecule has 0 N–H and O–H groups in total. The quantitative estimate of drug-likeness (QED) is 0.586. The summed E-state index contributed by atoms with van der Waals surface area (Å²) in [5.74, 6) is 0. The molecule has 0 atom stereocenters. The number of nitrogens with zero attached hydrogens (tertiary/aromatic N) is 1. The first-order valence-corrected chi connectivity index (χ1v) is 4.00. The molecule has 12 heavy (non-hydrogen) atoms. The van der Waals surface area contributed by atoms with Gasteiger partial charge in [-0.1, -0.05) is 12.2 Å². The number of ether oxygens (including phenoxy) is 2. The van der Waals surface area contributed by atoms with Gasteiger partial charge in [-0.05, 0) is 12.3 Å². The van der Waals surface area contributed by atoms with Crippen molar-refractivity contribution < 1.29 is 9.47 Å². The second-order valence-electron chi connectivity index (χ2n) is 2.62. The summed E-state index contributed by atoms with van der Waals surface area (Å²) in [5, 5.41) is 0. The highest BCUT2D eigenvalue weighted by Gasteiger charge is 2.08. The minimum atomic E-state index is -0.138. The average molecular weight is 169 g/mol. The van der Waals surface area contributed by atoms with Crippen molar-refractivity contribution in [1.29, 1.82) is 0 Å². The van der Waals surface area contributed by atoms with E-state index in [0.29, 0.717) is 0 Å². The van der Waals surface area contributed by atoms with Gasteiger partial charge in [-0.3, -0.25) is 0 Å². The summed E-state index contributed by atoms with van der Waals surface area (Å²) in [6.45, 7) is 1.70. The highest BCUT2D eigenvalue weighted by Crippen LogP contribution is 2.01. The van der Waals surface area contributed by atoms with Gasteiger partial charge in [-0.25, -0.2) is 0 Å². The lowest BCUT2D eigenvalue weighted by atomic mass is 10.3. The van der Waals surface area contributed by atoms with Crippen molar-refractivity contribution in [3.8, 4) is 0 Å². The molecule has 0 aromatic rings. The molecule has 0 fully saturated rings. The lowest BCUT2D eigenvalue weighted by Gasteiger charge is -2.24. The maximum absolute atomic E-state index is 5.08. The Balaban J connectivity index is 2.30. The van der Waals surface area contributed by atoms with Gasteiger partial charge in [-0.2, -0.15) is 0 Å². The Hall–Kier alpha value is -0.800. The van der Waals surface area contributed by atoms with E-state index in [9.17, 15) is 0 Å². The summed E-state index contributed by atoms with van der Waals surface area (Å²) in [4.78, 5) is 2.14. The Morgan fingerprint density at radius 1 is 1.33 bits per heavy atom. The highest BCUT2D eigenvalue weighted by molar-refractivity contribution is 5.08. The number of allylic oxidation sites excluding steroid dienone is 2. The number of methoxy groups -OCH3 is 2. The van der Waals surface area contributed by atoms with Gasteiger partial charge in [0.1, 0.15) is 0 Å². The first-order valence-electron chi connectivity index (χ1n) is 4.00. The predicted molar refractivity (Wildman–Crippen MR) is 47.7 cm³/mol. The molecule has 0 bridgehead atoms. The van der Waals surface area contributed by atoms with Crippen LogP contribution in [0.5, 0.6) is 0 Å². The maximum atomic E-state index is 5.08. The SMILES string of the molecule is COC(CN1C=CC=CC1)OC. The molecule has 0 unspecified atom stereocenters. The second kappa shape index (κ2) is 4.95. The number of rotatable bonds is 4. The van der Waals surface area contributed by atoms with E-state index in [1.807, 2.05) is 18.4 Å². The summed E-state index contributed by atoms with van der Waals surface area (Å²) in [6.07, 6.45) is 8.03. The van der Waals surface area contributed by atoms with Gasteiger partial charge in [0.2, 0.25) is 0 Å². The van der Waals surface area contributed by atoms with Crippen LogP contribution in [0.15, 0.2) is 24.4 Å². The van der Waals surface area contributed by atoms with Gasteiger partial charge < -0.3 is 14.4 Å². The third kappa shape index (κ3) is 2.68. The van der Waals surface area contributed by atoms with E-state index >= 15 is 0 Å². The number of hydrogen-bond acceptors (Lipinski definition) is 3. The van der Waals surface area contributed by atoms with Crippen LogP contribution in [0.1, 0.15) is 0 Å². The number of hydrogen-bond donors (Lipinski definition) is 0. The summed E-state index contributed by atoms with van der Waals surface area (Å²) < 4.78 is 10.2. The van der Waals surface area contributed by atoms with Crippen molar-refractivity contribution in [2.45, 2.75) is 6.29 Å². The van der Waals surface area contributed by atoms with Crippen LogP contribution in [0.2, 0.25) is 0 Å². The summed E-state index contributed by atoms with van der Waals surface area (Å²) in [5.41, 5.74) is 0. The van der Waals surface area contributed by atoms with Crippen molar-refractivity contribution in [3.63, 3.8) is 0 Å². The Kier molecular flexibility index (Phi) is 3.84. The molecule has 68 valence electrons. The van der Waals surface area contributed by atoms with Gasteiger partial charge in [0.15, 0.2) is 6.29 Å². The minimum absolute atomic E-state index is 0.138. The zero-order valence-corrected chi connectivity index (χ0v) is 7.56. The first-order chi connectivity index (χ1) is 5.86. The standard InChI is InChI=1S/C9H15NO2/c1-11-9(12-2)8-10-6-4-3-5-7-10/h3-6,9H,7-8H2,1-2H3. The summed E-state index contributed by atoms with van der Waals surface area (Å²) in [7, 11) is 3.30. The molecule has 0 saturated heterocycles. The van der Waals surface area contributed by atoms with Crippen LogP contribution in [-0.2, 0) is 9.47 Å². The lowest BCUT2D eigenvalue weighted by Crippen LogP contribution is -2.31. The van der Waals surface area contributed by atoms with Crippen LogP contribution in [0.4, 0.5) is 0 Å². The molecule has 3 nitrogen and oxygen atoms in total. The average Bonchev–Trinajstić information content (AvgIpc) is 2.16. The molecule has 0 amide bonds. The molecular weight excluding hydrogens is 154 g/mol. The van der Waals surface area contributed by atoms with Crippen LogP contribution < -0.4 is 0 Å². The summed E-state index contributed by atoms with van der Waals surface area (Å²) in [6, 6.07) is 0. The monoisotopic (exact) mass is 169 g/mol. The van der Waals surface area contributed by atoms with E-state index in [-0.39, 0.29) is 6.29 Å². The highest BCUT2D eigenvalue weighted by atomic mass is 16.7. The third-order valence-electron chi connectivity index (χ3n) is 1.79. The Morgan fingerprint density at radius 2 is 2.08 bits per heavy atom. The van der Waals surface area contributed by atoms with Gasteiger partial charge in [-0.15, -0.1) is 0 Å². The molecule has 0 aromatic heterocycles. The molecule has 0 aromatic carbocycles. The Bertz CT molecular complexity index is 173. The molecule has 3 heteroatoms. The molecule has 0 radical (unpaired) electrons. The fraction of sp³-hybridized carbons (Fsp3) is 0.556. The normalized spacial score (nSPS) is 16.1. The predicted octanol–water partition coefficient (Wildman–Crippen LogP) is 0.991. The topological polar surface area (TPSA) is 21.7 Å². The molecule has 0 spiro atoms. The Morgan fingerprint density at radius 3 is 2.58 bits per heavy atom. The fourth-order valence-electron chi connectivity index (χ4n) is 1.08. The molecule has 0 aliphatic carbocycles. The zero-order chi connectivity index (χ0) is 8.81. The molecule has 0 saturated carbocycles. The summed E-state index contributed by atoms with van der Waals surface area (Å²) >= 11 is 0. The largest absolute Gasteiger partial charge is 0.369 e. The molecule has 1 rings (SSSR count). The second-order valence-corrected chi connectivity index (χ2v) is 2.62. The molecule has 1 heterocycles. The molecular formula is C9H15NO2. The van der Waals surface area contributed by atoms with E-state index in [2.05, 4.69) is 11.0 Å². The van der Waals surface area contributed by atoms with Gasteiger partial charge in [0.25, 0.3) is 0 Å². The van der Waals surface area contributed by atoms with E-state index in [1.54, 1.807) is 14.2 Å². The Labute approximate surface area is 73.3 Å². The van der Waals surface area contributed by atoms with E-state index < -0.39 is 0 Å². The van der Waals surface area contributed by atoms with Crippen molar-refractivity contribution in [3.05, 3.63) is 24.4 Å². The third-order valence-corrected chi connectivity index (χ3v) is 1.79. The smallest absolute Gasteiger partial charge is 0.174 e. The van der Waals surface area contributed by atoms with E-state index in [4.69, 9.17) is 9.47 Å². The van der Waals surface area contributed by atoms with Crippen molar-refractivity contribution in [2.24, 2.45) is 0 Å². The van der Waals surface area contributed by atoms with Gasteiger partial charge in [0.05, 0.1) is 6.54 Å². The van der Waals surface area contributed by atoms with Crippen molar-refractivity contribution >= 4 is 0 Å². The first kappa shape index (κ1) is 9.29. The zero-order valence-electron chi connectivity index (χ0n) is 7.56. The van der Waals surface area contributed by atoms with Crippen LogP contribution >= 0.6 is 0 Å². The van der Waals surface area contributed by atoms with Gasteiger partial charge >= 0.3 is 0 Å². The van der Waals surface area contributed by atoms with Crippen molar-refractivity contribution in [2.75, 3.05) is 27.3 Å². The van der Waals surface area contributed by atoms with Crippen LogP contribution in [0.25, 0.3) is 0 Å². The molecule has 1 aliphatic heterocycles. The minimum Gasteiger partial charge on any atom is -0.369 e. The maximum Gasteiger partial charge on any atom is 0.174 e. The van der Waals surface area contributed by atoms with Gasteiger partial charge in [0, 0.05) is 20.8 Å². The van der Waals surface area contributed by atoms with Crippen LogP contribution in [0.3, 0.4) is 0 Å². The van der Waals surface area contributed by atoms with E-state index in [1.165, 1.54) is 0 Å². The molecule has 1 aliphatic rings. The van der Waals surface area contributed by atoms with Crippen LogP contribution in [0, 0.1) is 0 Å². The lowest BCUT2D eigenvalue weighted by molar-refractivity contribution is -0.110. The van der Waals surface area contributed by atoms with Crippen LogP contribution in [-0.4, -0.2) is 38.5 Å². The van der Waals surface area contributed by atoms with E-state index in [0.717, 1.165) is 13.1 Å². The fourth-order valence-corrected chi connectivity index (χ4v) is 1.08.